The minimum atomic E-state index is -3.87. The maximum Gasteiger partial charge on any atom is 0.241 e. The van der Waals surface area contributed by atoms with Crippen LogP contribution in [0.25, 0.3) is 0 Å². The Bertz CT molecular complexity index is 699. The Morgan fingerprint density at radius 3 is 2.79 bits per heavy atom. The number of nitrogens with zero attached hydrogens (tertiary/aromatic N) is 2. The molecule has 0 aliphatic rings. The zero-order valence-corrected chi connectivity index (χ0v) is 12.2. The van der Waals surface area contributed by atoms with Gasteiger partial charge in [-0.3, -0.25) is 0 Å². The zero-order chi connectivity index (χ0) is 14.0. The number of rotatable bonds is 4. The first-order valence-corrected chi connectivity index (χ1v) is 7.44. The molecule has 7 nitrogen and oxygen atoms in total. The predicted molar refractivity (Wildman–Crippen MR) is 68.9 cm³/mol. The fourth-order valence-corrected chi connectivity index (χ4v) is 2.58. The summed E-state index contributed by atoms with van der Waals surface area (Å²) in [5.74, 6) is 0.856. The molecule has 0 aliphatic heterocycles. The number of hydrogen-bond acceptors (Lipinski definition) is 6. The Hall–Kier alpha value is -1.45. The van der Waals surface area contributed by atoms with Gasteiger partial charge in [-0.2, -0.15) is 4.98 Å². The van der Waals surface area contributed by atoms with Crippen LogP contribution in [-0.2, 0) is 16.6 Å². The normalized spacial score (nSPS) is 11.5. The maximum atomic E-state index is 11.4. The van der Waals surface area contributed by atoms with Crippen LogP contribution in [0.4, 0.5) is 0 Å². The maximum absolute atomic E-state index is 11.4. The van der Waals surface area contributed by atoms with E-state index in [1.807, 2.05) is 0 Å². The lowest BCUT2D eigenvalue weighted by Crippen LogP contribution is -2.14. The van der Waals surface area contributed by atoms with Crippen LogP contribution in [0.1, 0.15) is 11.7 Å². The molecule has 0 unspecified atom stereocenters. The highest BCUT2D eigenvalue weighted by Gasteiger charge is 2.16. The van der Waals surface area contributed by atoms with Crippen LogP contribution < -0.4 is 9.88 Å². The number of benzene rings is 1. The molecule has 0 saturated heterocycles. The van der Waals surface area contributed by atoms with Gasteiger partial charge in [0.05, 0.1) is 0 Å². The van der Waals surface area contributed by atoms with Crippen molar-refractivity contribution in [1.29, 1.82) is 0 Å². The molecule has 2 N–H and O–H groups in total. The summed E-state index contributed by atoms with van der Waals surface area (Å²) in [6.07, 6.45) is 0. The van der Waals surface area contributed by atoms with Crippen LogP contribution in [-0.4, -0.2) is 18.6 Å². The lowest BCUT2D eigenvalue weighted by molar-refractivity contribution is 0.279. The lowest BCUT2D eigenvalue weighted by atomic mass is 10.3. The zero-order valence-electron chi connectivity index (χ0n) is 9.83. The first-order chi connectivity index (χ1) is 8.86. The first-order valence-electron chi connectivity index (χ1n) is 5.10. The van der Waals surface area contributed by atoms with E-state index in [1.54, 1.807) is 13.0 Å². The van der Waals surface area contributed by atoms with E-state index in [-0.39, 0.29) is 17.3 Å². The van der Waals surface area contributed by atoms with Gasteiger partial charge in [0.15, 0.2) is 6.61 Å². The molecule has 102 valence electrons. The minimum Gasteiger partial charge on any atom is -0.484 e. The van der Waals surface area contributed by atoms with E-state index < -0.39 is 10.0 Å². The van der Waals surface area contributed by atoms with Gasteiger partial charge in [0.1, 0.15) is 10.6 Å². The fraction of sp³-hybridized carbons (Fsp3) is 0.200. The number of aryl methyl sites for hydroxylation is 1. The molecule has 2 rings (SSSR count). The molecule has 1 aromatic carbocycles. The van der Waals surface area contributed by atoms with Crippen molar-refractivity contribution in [2.75, 3.05) is 0 Å². The standard InChI is InChI=1S/C10H10BrN3O4S/c1-6-13-10(14-18-6)5-17-8-3-2-7(11)4-9(8)19(12,15)16/h2-4H,5H2,1H3,(H2,12,15,16). The Morgan fingerprint density at radius 2 is 2.21 bits per heavy atom. The van der Waals surface area contributed by atoms with Crippen LogP contribution in [0.3, 0.4) is 0 Å². The lowest BCUT2D eigenvalue weighted by Gasteiger charge is -2.08. The number of ether oxygens (including phenoxy) is 1. The summed E-state index contributed by atoms with van der Waals surface area (Å²) in [5, 5.41) is 8.76. The summed E-state index contributed by atoms with van der Waals surface area (Å²) < 4.78 is 33.6. The van der Waals surface area contributed by atoms with Crippen LogP contribution in [0.5, 0.6) is 5.75 Å². The van der Waals surface area contributed by atoms with Crippen LogP contribution in [0.15, 0.2) is 32.1 Å². The second kappa shape index (κ2) is 5.27. The van der Waals surface area contributed by atoms with Crippen molar-refractivity contribution in [3.05, 3.63) is 34.4 Å². The molecule has 0 fully saturated rings. The van der Waals surface area contributed by atoms with Crippen molar-refractivity contribution in [3.63, 3.8) is 0 Å². The van der Waals surface area contributed by atoms with E-state index in [1.165, 1.54) is 12.1 Å². The van der Waals surface area contributed by atoms with Crippen LogP contribution >= 0.6 is 15.9 Å². The highest BCUT2D eigenvalue weighted by atomic mass is 79.9. The van der Waals surface area contributed by atoms with E-state index in [0.29, 0.717) is 16.2 Å². The Balaban J connectivity index is 2.25. The first kappa shape index (κ1) is 14.0. The average Bonchev–Trinajstić information content (AvgIpc) is 2.72. The average molecular weight is 348 g/mol. The molecule has 1 heterocycles. The Kier molecular flexibility index (Phi) is 3.88. The monoisotopic (exact) mass is 347 g/mol. The summed E-state index contributed by atoms with van der Waals surface area (Å²) in [6.45, 7) is 1.63. The van der Waals surface area contributed by atoms with Gasteiger partial charge >= 0.3 is 0 Å². The number of halogens is 1. The van der Waals surface area contributed by atoms with Gasteiger partial charge < -0.3 is 9.26 Å². The van der Waals surface area contributed by atoms with Crippen molar-refractivity contribution >= 4 is 26.0 Å². The molecule has 9 heteroatoms. The number of nitrogens with two attached hydrogens (primary N) is 1. The molecule has 0 radical (unpaired) electrons. The van der Waals surface area contributed by atoms with E-state index in [9.17, 15) is 8.42 Å². The van der Waals surface area contributed by atoms with Gasteiger partial charge in [0, 0.05) is 11.4 Å². The summed E-state index contributed by atoms with van der Waals surface area (Å²) in [7, 11) is -3.87. The molecule has 0 spiro atoms. The van der Waals surface area contributed by atoms with Crippen LogP contribution in [0, 0.1) is 6.92 Å². The van der Waals surface area contributed by atoms with Gasteiger partial charge in [0.2, 0.25) is 21.7 Å². The SMILES string of the molecule is Cc1nc(COc2ccc(Br)cc2S(N)(=O)=O)no1. The Labute approximate surface area is 117 Å². The van der Waals surface area contributed by atoms with Gasteiger partial charge in [-0.25, -0.2) is 13.6 Å². The quantitative estimate of drug-likeness (QED) is 0.894. The number of primary sulfonamides is 1. The molecule has 19 heavy (non-hydrogen) atoms. The number of hydrogen-bond donors (Lipinski definition) is 1. The smallest absolute Gasteiger partial charge is 0.241 e. The largest absolute Gasteiger partial charge is 0.484 e. The molecular formula is C10H10BrN3O4S. The predicted octanol–water partition coefficient (Wildman–Crippen LogP) is 1.37. The molecular weight excluding hydrogens is 338 g/mol. The van der Waals surface area contributed by atoms with Crippen molar-refractivity contribution < 1.29 is 17.7 Å². The number of sulfonamides is 1. The van der Waals surface area contributed by atoms with Gasteiger partial charge in [-0.15, -0.1) is 0 Å². The summed E-state index contributed by atoms with van der Waals surface area (Å²) in [6, 6.07) is 4.51. The summed E-state index contributed by atoms with van der Waals surface area (Å²) in [5.41, 5.74) is 0. The van der Waals surface area contributed by atoms with E-state index in [4.69, 9.17) is 14.4 Å². The molecule has 0 saturated carbocycles. The highest BCUT2D eigenvalue weighted by molar-refractivity contribution is 9.10. The topological polar surface area (TPSA) is 108 Å². The third-order valence-electron chi connectivity index (χ3n) is 2.14. The van der Waals surface area contributed by atoms with Crippen LogP contribution in [0.2, 0.25) is 0 Å². The second-order valence-electron chi connectivity index (χ2n) is 3.65. The molecule has 0 amide bonds. The van der Waals surface area contributed by atoms with Gasteiger partial charge in [-0.05, 0) is 18.2 Å². The van der Waals surface area contributed by atoms with Crippen molar-refractivity contribution in [2.45, 2.75) is 18.4 Å². The Morgan fingerprint density at radius 1 is 1.47 bits per heavy atom. The van der Waals surface area contributed by atoms with Crippen molar-refractivity contribution in [1.82, 2.24) is 10.1 Å². The summed E-state index contributed by atoms with van der Waals surface area (Å²) in [4.78, 5) is 3.83. The second-order valence-corrected chi connectivity index (χ2v) is 6.10. The van der Waals surface area contributed by atoms with Gasteiger partial charge in [-0.1, -0.05) is 21.1 Å². The van der Waals surface area contributed by atoms with E-state index in [2.05, 4.69) is 26.1 Å². The molecule has 1 aromatic heterocycles. The molecule has 0 aliphatic carbocycles. The fourth-order valence-electron chi connectivity index (χ4n) is 1.37. The third kappa shape index (κ3) is 3.52. The highest BCUT2D eigenvalue weighted by Crippen LogP contribution is 2.27. The molecule has 2 aromatic rings. The van der Waals surface area contributed by atoms with Crippen molar-refractivity contribution in [3.8, 4) is 5.75 Å². The van der Waals surface area contributed by atoms with Gasteiger partial charge in [0.25, 0.3) is 0 Å². The third-order valence-corrected chi connectivity index (χ3v) is 3.56. The number of aromatic nitrogens is 2. The van der Waals surface area contributed by atoms with E-state index >= 15 is 0 Å². The van der Waals surface area contributed by atoms with Crippen molar-refractivity contribution in [2.24, 2.45) is 5.14 Å². The summed E-state index contributed by atoms with van der Waals surface area (Å²) >= 11 is 3.17. The molecule has 0 bridgehead atoms. The minimum absolute atomic E-state index is 0.0124. The van der Waals surface area contributed by atoms with E-state index in [0.717, 1.165) is 0 Å². The molecule has 0 atom stereocenters.